The van der Waals surface area contributed by atoms with Crippen molar-refractivity contribution in [1.82, 2.24) is 10.1 Å². The van der Waals surface area contributed by atoms with E-state index in [-0.39, 0.29) is 12.2 Å². The third-order valence-electron chi connectivity index (χ3n) is 3.49. The summed E-state index contributed by atoms with van der Waals surface area (Å²) >= 11 is 1.54. The first kappa shape index (κ1) is 14.6. The summed E-state index contributed by atoms with van der Waals surface area (Å²) in [7, 11) is 0. The normalized spacial score (nSPS) is 11.0. The lowest BCUT2D eigenvalue weighted by Crippen LogP contribution is -1.99. The molecule has 0 aliphatic carbocycles. The maximum absolute atomic E-state index is 11.5. The van der Waals surface area contributed by atoms with E-state index in [9.17, 15) is 4.79 Å². The Morgan fingerprint density at radius 1 is 1.25 bits per heavy atom. The highest BCUT2D eigenvalue weighted by Gasteiger charge is 2.10. The van der Waals surface area contributed by atoms with Crippen molar-refractivity contribution in [3.8, 4) is 16.5 Å². The zero-order valence-electron chi connectivity index (χ0n) is 12.7. The Bertz CT molecular complexity index is 1050. The van der Waals surface area contributed by atoms with Gasteiger partial charge in [-0.15, -0.1) is 11.3 Å². The van der Waals surface area contributed by atoms with Crippen LogP contribution in [0.4, 0.5) is 0 Å². The summed E-state index contributed by atoms with van der Waals surface area (Å²) < 4.78 is 16.0. The minimum atomic E-state index is -0.380. The fourth-order valence-electron chi connectivity index (χ4n) is 2.36. The van der Waals surface area contributed by atoms with Gasteiger partial charge in [0.1, 0.15) is 11.3 Å². The molecule has 0 radical (unpaired) electrons. The quantitative estimate of drug-likeness (QED) is 0.526. The standard InChI is InChI=1S/C17H12N2O4S/c1-10-7-16(20)22-13-8-11(4-5-12(10)13)21-9-15-18-17(19-23-15)14-3-2-6-24-14/h2-8H,9H2,1H3. The molecule has 3 aromatic heterocycles. The van der Waals surface area contributed by atoms with Gasteiger partial charge >= 0.3 is 5.63 Å². The maximum atomic E-state index is 11.5. The maximum Gasteiger partial charge on any atom is 0.336 e. The van der Waals surface area contributed by atoms with Crippen molar-refractivity contribution in [2.75, 3.05) is 0 Å². The minimum absolute atomic E-state index is 0.139. The molecule has 0 atom stereocenters. The minimum Gasteiger partial charge on any atom is -0.484 e. The van der Waals surface area contributed by atoms with E-state index >= 15 is 0 Å². The molecule has 0 bridgehead atoms. The van der Waals surface area contributed by atoms with Crippen molar-refractivity contribution in [2.45, 2.75) is 13.5 Å². The van der Waals surface area contributed by atoms with E-state index in [1.807, 2.05) is 36.6 Å². The Labute approximate surface area is 140 Å². The van der Waals surface area contributed by atoms with E-state index < -0.39 is 0 Å². The summed E-state index contributed by atoms with van der Waals surface area (Å²) in [6.45, 7) is 2.00. The van der Waals surface area contributed by atoms with Crippen LogP contribution >= 0.6 is 11.3 Å². The predicted molar refractivity (Wildman–Crippen MR) is 89.2 cm³/mol. The van der Waals surface area contributed by atoms with Gasteiger partial charge in [0.15, 0.2) is 6.61 Å². The van der Waals surface area contributed by atoms with Crippen molar-refractivity contribution in [2.24, 2.45) is 0 Å². The number of hydrogen-bond donors (Lipinski definition) is 0. The van der Waals surface area contributed by atoms with Gasteiger partial charge in [-0.3, -0.25) is 0 Å². The number of benzene rings is 1. The molecular formula is C17H12N2O4S. The van der Waals surface area contributed by atoms with Gasteiger partial charge in [-0.2, -0.15) is 4.98 Å². The van der Waals surface area contributed by atoms with Gasteiger partial charge in [-0.1, -0.05) is 11.2 Å². The van der Waals surface area contributed by atoms with E-state index in [0.29, 0.717) is 23.0 Å². The van der Waals surface area contributed by atoms with Crippen molar-refractivity contribution in [1.29, 1.82) is 0 Å². The molecule has 0 saturated carbocycles. The molecule has 0 N–H and O–H groups in total. The summed E-state index contributed by atoms with van der Waals surface area (Å²) in [4.78, 5) is 16.7. The van der Waals surface area contributed by atoms with Crippen molar-refractivity contribution in [3.05, 3.63) is 63.7 Å². The van der Waals surface area contributed by atoms with Crippen LogP contribution in [0.1, 0.15) is 11.5 Å². The lowest BCUT2D eigenvalue weighted by Gasteiger charge is -2.05. The monoisotopic (exact) mass is 340 g/mol. The largest absolute Gasteiger partial charge is 0.484 e. The molecule has 1 aromatic carbocycles. The van der Waals surface area contributed by atoms with Gasteiger partial charge in [0.05, 0.1) is 4.88 Å². The van der Waals surface area contributed by atoms with Crippen LogP contribution in [0.2, 0.25) is 0 Å². The second kappa shape index (κ2) is 5.93. The van der Waals surface area contributed by atoms with E-state index in [0.717, 1.165) is 15.8 Å². The molecular weight excluding hydrogens is 328 g/mol. The van der Waals surface area contributed by atoms with Gasteiger partial charge in [-0.25, -0.2) is 4.79 Å². The first-order chi connectivity index (χ1) is 11.7. The third-order valence-corrected chi connectivity index (χ3v) is 4.36. The summed E-state index contributed by atoms with van der Waals surface area (Å²) in [5.41, 5.74) is 0.974. The highest BCUT2D eigenvalue weighted by Crippen LogP contribution is 2.24. The van der Waals surface area contributed by atoms with Gasteiger partial charge < -0.3 is 13.7 Å². The molecule has 0 aliphatic rings. The van der Waals surface area contributed by atoms with Crippen LogP contribution in [0.15, 0.2) is 55.5 Å². The van der Waals surface area contributed by atoms with Gasteiger partial charge in [0.2, 0.25) is 5.82 Å². The summed E-state index contributed by atoms with van der Waals surface area (Å²) in [6, 6.07) is 10.7. The van der Waals surface area contributed by atoms with Crippen LogP contribution in [0.3, 0.4) is 0 Å². The number of thiophene rings is 1. The molecule has 0 fully saturated rings. The zero-order chi connectivity index (χ0) is 16.5. The number of fused-ring (bicyclic) bond motifs is 1. The SMILES string of the molecule is Cc1cc(=O)oc2cc(OCc3nc(-c4cccs4)no3)ccc12. The van der Waals surface area contributed by atoms with Crippen LogP contribution in [0, 0.1) is 6.92 Å². The summed E-state index contributed by atoms with van der Waals surface area (Å²) in [5, 5.41) is 6.75. The topological polar surface area (TPSA) is 78.4 Å². The van der Waals surface area contributed by atoms with Crippen LogP contribution in [0.25, 0.3) is 21.7 Å². The molecule has 0 saturated heterocycles. The Morgan fingerprint density at radius 2 is 2.17 bits per heavy atom. The molecule has 24 heavy (non-hydrogen) atoms. The van der Waals surface area contributed by atoms with Crippen LogP contribution < -0.4 is 10.4 Å². The molecule has 0 unspecified atom stereocenters. The number of nitrogens with zero attached hydrogens (tertiary/aromatic N) is 2. The molecule has 3 heterocycles. The average molecular weight is 340 g/mol. The highest BCUT2D eigenvalue weighted by atomic mass is 32.1. The molecule has 0 aliphatic heterocycles. The van der Waals surface area contributed by atoms with Gasteiger partial charge in [-0.05, 0) is 36.1 Å². The second-order valence-electron chi connectivity index (χ2n) is 5.18. The fraction of sp³-hybridized carbons (Fsp3) is 0.118. The van der Waals surface area contributed by atoms with Crippen LogP contribution in [0.5, 0.6) is 5.75 Å². The summed E-state index contributed by atoms with van der Waals surface area (Å²) in [6.07, 6.45) is 0. The lowest BCUT2D eigenvalue weighted by atomic mass is 10.1. The molecule has 120 valence electrons. The molecule has 4 aromatic rings. The molecule has 7 heteroatoms. The van der Waals surface area contributed by atoms with Crippen molar-refractivity contribution < 1.29 is 13.7 Å². The molecule has 0 spiro atoms. The Morgan fingerprint density at radius 3 is 3.00 bits per heavy atom. The summed E-state index contributed by atoms with van der Waals surface area (Å²) in [5.74, 6) is 1.49. The first-order valence-electron chi connectivity index (χ1n) is 7.23. The highest BCUT2D eigenvalue weighted by molar-refractivity contribution is 7.13. The molecule has 0 amide bonds. The molecule has 4 rings (SSSR count). The van der Waals surface area contributed by atoms with E-state index in [1.165, 1.54) is 6.07 Å². The average Bonchev–Trinajstić information content (AvgIpc) is 3.23. The first-order valence-corrected chi connectivity index (χ1v) is 8.11. The van der Waals surface area contributed by atoms with E-state index in [4.69, 9.17) is 13.7 Å². The number of aryl methyl sites for hydroxylation is 1. The number of aromatic nitrogens is 2. The zero-order valence-corrected chi connectivity index (χ0v) is 13.5. The Kier molecular flexibility index (Phi) is 3.62. The predicted octanol–water partition coefficient (Wildman–Crippen LogP) is 3.79. The Hall–Kier alpha value is -2.93. The smallest absolute Gasteiger partial charge is 0.336 e. The number of ether oxygens (including phenoxy) is 1. The molecule has 6 nitrogen and oxygen atoms in total. The van der Waals surface area contributed by atoms with Gasteiger partial charge in [0.25, 0.3) is 5.89 Å². The fourth-order valence-corrected chi connectivity index (χ4v) is 3.01. The van der Waals surface area contributed by atoms with Crippen molar-refractivity contribution in [3.63, 3.8) is 0 Å². The second-order valence-corrected chi connectivity index (χ2v) is 6.13. The number of hydrogen-bond acceptors (Lipinski definition) is 7. The van der Waals surface area contributed by atoms with E-state index in [2.05, 4.69) is 10.1 Å². The third kappa shape index (κ3) is 2.81. The van der Waals surface area contributed by atoms with Crippen LogP contribution in [-0.4, -0.2) is 10.1 Å². The van der Waals surface area contributed by atoms with Gasteiger partial charge in [0, 0.05) is 17.5 Å². The van der Waals surface area contributed by atoms with Crippen molar-refractivity contribution >= 4 is 22.3 Å². The number of rotatable bonds is 4. The Balaban J connectivity index is 1.54. The van der Waals surface area contributed by atoms with Crippen LogP contribution in [-0.2, 0) is 6.61 Å². The van der Waals surface area contributed by atoms with E-state index in [1.54, 1.807) is 17.4 Å². The lowest BCUT2D eigenvalue weighted by molar-refractivity contribution is 0.243.